The maximum absolute atomic E-state index is 14.6. The third-order valence-electron chi connectivity index (χ3n) is 9.19. The lowest BCUT2D eigenvalue weighted by molar-refractivity contribution is -0.118. The lowest BCUT2D eigenvalue weighted by Crippen LogP contribution is -2.39. The Kier molecular flexibility index (Phi) is 9.31. The van der Waals surface area contributed by atoms with E-state index in [4.69, 9.17) is 10.8 Å². The zero-order valence-corrected chi connectivity index (χ0v) is 26.9. The Morgan fingerprint density at radius 2 is 1.59 bits per heavy atom. The molecule has 0 spiro atoms. The molecule has 4 aromatic rings. The molecule has 2 aliphatic rings. The number of aryl methyl sites for hydroxylation is 1. The van der Waals surface area contributed by atoms with E-state index in [2.05, 4.69) is 54.7 Å². The van der Waals surface area contributed by atoms with Crippen molar-refractivity contribution in [2.75, 3.05) is 10.2 Å². The maximum atomic E-state index is 14.6. The van der Waals surface area contributed by atoms with Crippen LogP contribution in [-0.2, 0) is 11.3 Å². The normalized spacial score (nSPS) is 16.1. The summed E-state index contributed by atoms with van der Waals surface area (Å²) in [4.78, 5) is 29.1. The van der Waals surface area contributed by atoms with Gasteiger partial charge in [0, 0.05) is 17.2 Å². The van der Waals surface area contributed by atoms with E-state index in [1.807, 2.05) is 68.4 Å². The number of fused-ring (bicyclic) bond motifs is 1. The first-order valence-electron chi connectivity index (χ1n) is 16.4. The molecule has 1 atom stereocenters. The first-order chi connectivity index (χ1) is 22.3. The molecule has 0 saturated heterocycles. The number of carbonyl (C=O) groups is 2. The summed E-state index contributed by atoms with van der Waals surface area (Å²) in [6.07, 6.45) is 5.63. The molecule has 3 amide bonds. The fraction of sp³-hybridized carbons (Fsp3) is 0.308. The Labute approximate surface area is 272 Å². The van der Waals surface area contributed by atoms with Crippen molar-refractivity contribution in [2.45, 2.75) is 65.5 Å². The minimum Gasteiger partial charge on any atom is -0.325 e. The van der Waals surface area contributed by atoms with E-state index >= 15 is 0 Å². The summed E-state index contributed by atoms with van der Waals surface area (Å²) in [6, 6.07) is 31.4. The Bertz CT molecular complexity index is 1730. The van der Waals surface area contributed by atoms with E-state index in [9.17, 15) is 9.59 Å². The van der Waals surface area contributed by atoms with Crippen molar-refractivity contribution in [2.24, 2.45) is 22.7 Å². The predicted molar refractivity (Wildman–Crippen MR) is 187 cm³/mol. The number of hydrogen-bond acceptors (Lipinski definition) is 4. The van der Waals surface area contributed by atoms with E-state index in [1.54, 1.807) is 9.91 Å². The van der Waals surface area contributed by atoms with Gasteiger partial charge in [0.25, 0.3) is 0 Å². The van der Waals surface area contributed by atoms with Crippen LogP contribution in [0.1, 0.15) is 62.6 Å². The topological polar surface area (TPSA) is 91.0 Å². The van der Waals surface area contributed by atoms with Gasteiger partial charge in [0.2, 0.25) is 5.91 Å². The fourth-order valence-corrected chi connectivity index (χ4v) is 6.45. The van der Waals surface area contributed by atoms with Gasteiger partial charge in [-0.25, -0.2) is 9.80 Å². The number of urea groups is 1. The predicted octanol–water partition coefficient (Wildman–Crippen LogP) is 8.64. The van der Waals surface area contributed by atoms with E-state index < -0.39 is 6.04 Å². The van der Waals surface area contributed by atoms with Crippen molar-refractivity contribution >= 4 is 34.7 Å². The molecule has 46 heavy (non-hydrogen) atoms. The number of anilines is 3. The van der Waals surface area contributed by atoms with E-state index in [0.29, 0.717) is 17.9 Å². The molecule has 7 nitrogen and oxygen atoms in total. The lowest BCUT2D eigenvalue weighted by Gasteiger charge is -2.27. The number of hydrazone groups is 1. The summed E-state index contributed by atoms with van der Waals surface area (Å²) in [5, 5.41) is 9.78. The van der Waals surface area contributed by atoms with Gasteiger partial charge in [-0.1, -0.05) is 93.8 Å². The summed E-state index contributed by atoms with van der Waals surface area (Å²) < 4.78 is 0. The molecule has 1 heterocycles. The zero-order valence-electron chi connectivity index (χ0n) is 26.9. The second-order valence-electron chi connectivity index (χ2n) is 12.8. The number of nitrogens with one attached hydrogen (secondary N) is 1. The highest BCUT2D eigenvalue weighted by Crippen LogP contribution is 2.40. The number of nitrogens with zero attached hydrogens (tertiary/aromatic N) is 3. The van der Waals surface area contributed by atoms with Crippen molar-refractivity contribution in [3.05, 3.63) is 114 Å². The molecular formula is C39H43N5O2. The number of nitrogens with two attached hydrogens (primary N) is 1. The average molecular weight is 614 g/mol. The first-order valence-corrected chi connectivity index (χ1v) is 16.4. The third-order valence-corrected chi connectivity index (χ3v) is 9.19. The fourth-order valence-electron chi connectivity index (χ4n) is 6.45. The van der Waals surface area contributed by atoms with E-state index in [1.165, 1.54) is 12.0 Å². The van der Waals surface area contributed by atoms with Gasteiger partial charge in [0.05, 0.1) is 29.7 Å². The molecule has 1 unspecified atom stereocenters. The van der Waals surface area contributed by atoms with Gasteiger partial charge >= 0.3 is 6.03 Å². The van der Waals surface area contributed by atoms with Gasteiger partial charge < -0.3 is 11.1 Å². The van der Waals surface area contributed by atoms with Crippen LogP contribution in [0.15, 0.2) is 102 Å². The van der Waals surface area contributed by atoms with Crippen LogP contribution in [0.4, 0.5) is 21.9 Å². The van der Waals surface area contributed by atoms with E-state index in [-0.39, 0.29) is 23.8 Å². The SMILES string of the molecule is Cc1ccccc1-c1ccc2c(c1)C(C1CCCCC1)=NN(Cc1ccccc1)C(=O)N2c1ccc(NC(=O)C(N)C(C)C)cc1. The van der Waals surface area contributed by atoms with Crippen LogP contribution in [-0.4, -0.2) is 28.7 Å². The van der Waals surface area contributed by atoms with Crippen LogP contribution < -0.4 is 16.0 Å². The van der Waals surface area contributed by atoms with Crippen molar-refractivity contribution in [3.8, 4) is 11.1 Å². The average Bonchev–Trinajstić information content (AvgIpc) is 3.19. The molecule has 1 fully saturated rings. The summed E-state index contributed by atoms with van der Waals surface area (Å²) >= 11 is 0. The second-order valence-corrected chi connectivity index (χ2v) is 12.8. The number of carbonyl (C=O) groups excluding carboxylic acids is 2. The number of hydrogen-bond donors (Lipinski definition) is 2. The molecule has 0 aromatic heterocycles. The van der Waals surface area contributed by atoms with Crippen LogP contribution >= 0.6 is 0 Å². The highest BCUT2D eigenvalue weighted by molar-refractivity contribution is 6.14. The van der Waals surface area contributed by atoms with Crippen molar-refractivity contribution in [3.63, 3.8) is 0 Å². The molecule has 1 aliphatic heterocycles. The highest BCUT2D eigenvalue weighted by atomic mass is 16.2. The number of amides is 3. The van der Waals surface area contributed by atoms with Crippen molar-refractivity contribution in [1.82, 2.24) is 5.01 Å². The van der Waals surface area contributed by atoms with Crippen LogP contribution in [0.3, 0.4) is 0 Å². The van der Waals surface area contributed by atoms with Crippen molar-refractivity contribution < 1.29 is 9.59 Å². The Hall–Kier alpha value is -4.75. The van der Waals surface area contributed by atoms with Gasteiger partial charge in [-0.15, -0.1) is 0 Å². The molecule has 4 aromatic carbocycles. The standard InChI is InChI=1S/C39H43N5O2/c1-26(2)36(40)38(45)41-31-19-21-32(22-20-31)44-35-23-18-30(33-17-11-10-12-27(33)3)24-34(35)37(29-15-8-5-9-16-29)42-43(39(44)46)25-28-13-6-4-7-14-28/h4,6-7,10-14,17-24,26,29,36H,5,8-9,15-16,25,40H2,1-3H3,(H,41,45). The number of benzene rings is 4. The van der Waals surface area contributed by atoms with Crippen LogP contribution in [0, 0.1) is 18.8 Å². The van der Waals surface area contributed by atoms with Gasteiger partial charge in [-0.3, -0.25) is 9.69 Å². The van der Waals surface area contributed by atoms with Crippen LogP contribution in [0.25, 0.3) is 11.1 Å². The van der Waals surface area contributed by atoms with E-state index in [0.717, 1.165) is 59.3 Å². The summed E-state index contributed by atoms with van der Waals surface area (Å²) in [6.45, 7) is 6.32. The number of rotatable bonds is 8. The monoisotopic (exact) mass is 613 g/mol. The minimum absolute atomic E-state index is 0.0176. The molecule has 1 saturated carbocycles. The summed E-state index contributed by atoms with van der Waals surface area (Å²) in [5.74, 6) is 0.0413. The molecule has 236 valence electrons. The van der Waals surface area contributed by atoms with Crippen LogP contribution in [0.5, 0.6) is 0 Å². The Morgan fingerprint density at radius 3 is 2.28 bits per heavy atom. The van der Waals surface area contributed by atoms with Crippen molar-refractivity contribution in [1.29, 1.82) is 0 Å². The molecular weight excluding hydrogens is 570 g/mol. The van der Waals surface area contributed by atoms with Gasteiger partial charge in [-0.05, 0) is 84.3 Å². The lowest BCUT2D eigenvalue weighted by atomic mass is 9.82. The first kappa shape index (κ1) is 31.2. The Balaban J connectivity index is 1.47. The third kappa shape index (κ3) is 6.60. The second kappa shape index (κ2) is 13.7. The van der Waals surface area contributed by atoms with Gasteiger partial charge in [0.15, 0.2) is 0 Å². The van der Waals surface area contributed by atoms with Gasteiger partial charge in [0.1, 0.15) is 0 Å². The van der Waals surface area contributed by atoms with Crippen LogP contribution in [0.2, 0.25) is 0 Å². The largest absolute Gasteiger partial charge is 0.349 e. The summed E-state index contributed by atoms with van der Waals surface area (Å²) in [5.41, 5.74) is 14.6. The molecule has 7 heteroatoms. The molecule has 0 bridgehead atoms. The highest BCUT2D eigenvalue weighted by Gasteiger charge is 2.34. The molecule has 0 radical (unpaired) electrons. The molecule has 6 rings (SSSR count). The molecule has 1 aliphatic carbocycles. The zero-order chi connectivity index (χ0) is 32.2. The molecule has 3 N–H and O–H groups in total. The smallest absolute Gasteiger partial charge is 0.325 e. The minimum atomic E-state index is -0.608. The Morgan fingerprint density at radius 1 is 0.891 bits per heavy atom. The summed E-state index contributed by atoms with van der Waals surface area (Å²) in [7, 11) is 0. The van der Waals surface area contributed by atoms with Gasteiger partial charge in [-0.2, -0.15) is 5.10 Å². The maximum Gasteiger partial charge on any atom is 0.349 e. The quantitative estimate of drug-likeness (QED) is 0.208.